The summed E-state index contributed by atoms with van der Waals surface area (Å²) in [7, 11) is 0. The maximum absolute atomic E-state index is 12.8. The zero-order valence-corrected chi connectivity index (χ0v) is 19.8. The van der Waals surface area contributed by atoms with E-state index in [2.05, 4.69) is 29.6 Å². The van der Waals surface area contributed by atoms with Crippen LogP contribution >= 0.6 is 0 Å². The monoisotopic (exact) mass is 476 g/mol. The molecule has 1 aliphatic heterocycles. The van der Waals surface area contributed by atoms with Crippen LogP contribution in [0.1, 0.15) is 62.0 Å². The van der Waals surface area contributed by atoms with Gasteiger partial charge in [0, 0.05) is 31.0 Å². The number of ether oxygens (including phenoxy) is 1. The molecule has 7 heteroatoms. The molecule has 2 amide bonds. The van der Waals surface area contributed by atoms with Crippen LogP contribution in [0.15, 0.2) is 48.5 Å². The maximum atomic E-state index is 12.8. The van der Waals surface area contributed by atoms with Crippen molar-refractivity contribution in [3.05, 3.63) is 59.7 Å². The number of nitrogens with one attached hydrogen (secondary N) is 1. The van der Waals surface area contributed by atoms with Gasteiger partial charge in [-0.05, 0) is 60.3 Å². The van der Waals surface area contributed by atoms with Crippen LogP contribution in [0.2, 0.25) is 0 Å². The first-order chi connectivity index (χ1) is 17.0. The van der Waals surface area contributed by atoms with Gasteiger partial charge in [-0.1, -0.05) is 48.5 Å². The summed E-state index contributed by atoms with van der Waals surface area (Å²) in [6.07, 6.45) is 4.08. The second kappa shape index (κ2) is 10.1. The van der Waals surface area contributed by atoms with Crippen molar-refractivity contribution in [2.24, 2.45) is 5.92 Å². The molecule has 1 saturated carbocycles. The number of likely N-dealkylation sites (tertiary alicyclic amines) is 1. The highest BCUT2D eigenvalue weighted by Crippen LogP contribution is 2.44. The minimum absolute atomic E-state index is 0.00292. The number of hydrogen-bond donors (Lipinski definition) is 2. The van der Waals surface area contributed by atoms with Crippen molar-refractivity contribution < 1.29 is 24.2 Å². The molecule has 0 spiro atoms. The third-order valence-corrected chi connectivity index (χ3v) is 7.78. The fourth-order valence-electron chi connectivity index (χ4n) is 6.14. The summed E-state index contributed by atoms with van der Waals surface area (Å²) in [6.45, 7) is 0.930. The van der Waals surface area contributed by atoms with E-state index < -0.39 is 12.1 Å². The summed E-state index contributed by atoms with van der Waals surface area (Å²) in [6, 6.07) is 16.3. The smallest absolute Gasteiger partial charge is 0.407 e. The molecule has 5 rings (SSSR count). The molecule has 2 N–H and O–H groups in total. The molecule has 1 saturated heterocycles. The summed E-state index contributed by atoms with van der Waals surface area (Å²) >= 11 is 0. The molecule has 7 nitrogen and oxygen atoms in total. The predicted octanol–water partition coefficient (Wildman–Crippen LogP) is 4.55. The molecular formula is C28H32N2O5. The lowest BCUT2D eigenvalue weighted by molar-refractivity contribution is -0.140. The SMILES string of the molecule is O=C(O)C[C@@H]1CCCN1C(=O)CC1CCC(NC(=O)OCC2c3ccccc3-c3ccccc32)C1. The molecule has 35 heavy (non-hydrogen) atoms. The zero-order valence-electron chi connectivity index (χ0n) is 19.8. The molecule has 2 aromatic rings. The Morgan fingerprint density at radius 1 is 0.943 bits per heavy atom. The molecule has 1 heterocycles. The Kier molecular flexibility index (Phi) is 6.75. The average molecular weight is 477 g/mol. The molecule has 2 aliphatic carbocycles. The average Bonchev–Trinajstić information content (AvgIpc) is 3.55. The molecule has 0 aromatic heterocycles. The summed E-state index contributed by atoms with van der Waals surface area (Å²) < 4.78 is 5.67. The highest BCUT2D eigenvalue weighted by molar-refractivity contribution is 5.79. The van der Waals surface area contributed by atoms with Gasteiger partial charge in [-0.3, -0.25) is 9.59 Å². The van der Waals surface area contributed by atoms with E-state index in [0.29, 0.717) is 13.0 Å². The van der Waals surface area contributed by atoms with Gasteiger partial charge in [0.2, 0.25) is 5.91 Å². The van der Waals surface area contributed by atoms with Crippen molar-refractivity contribution >= 4 is 18.0 Å². The topological polar surface area (TPSA) is 95.9 Å². The Morgan fingerprint density at radius 3 is 2.31 bits per heavy atom. The van der Waals surface area contributed by atoms with E-state index in [1.807, 2.05) is 24.3 Å². The van der Waals surface area contributed by atoms with Crippen molar-refractivity contribution in [2.45, 2.75) is 62.9 Å². The Labute approximate surface area is 205 Å². The number of alkyl carbamates (subject to hydrolysis) is 1. The summed E-state index contributed by atoms with van der Waals surface area (Å²) in [5.74, 6) is -0.586. The third-order valence-electron chi connectivity index (χ3n) is 7.78. The van der Waals surface area contributed by atoms with E-state index in [1.54, 1.807) is 4.90 Å². The minimum Gasteiger partial charge on any atom is -0.481 e. The number of carbonyl (C=O) groups is 3. The number of amides is 2. The summed E-state index contributed by atoms with van der Waals surface area (Å²) in [5.41, 5.74) is 4.76. The number of nitrogens with zero attached hydrogens (tertiary/aromatic N) is 1. The number of carboxylic acids is 1. The van der Waals surface area contributed by atoms with E-state index in [4.69, 9.17) is 9.84 Å². The van der Waals surface area contributed by atoms with Crippen LogP contribution in [0.5, 0.6) is 0 Å². The predicted molar refractivity (Wildman–Crippen MR) is 131 cm³/mol. The number of rotatable bonds is 7. The fourth-order valence-corrected chi connectivity index (χ4v) is 6.14. The zero-order chi connectivity index (χ0) is 24.4. The van der Waals surface area contributed by atoms with Crippen molar-refractivity contribution in [3.8, 4) is 11.1 Å². The molecule has 184 valence electrons. The number of benzene rings is 2. The van der Waals surface area contributed by atoms with Crippen molar-refractivity contribution in [1.29, 1.82) is 0 Å². The van der Waals surface area contributed by atoms with Crippen LogP contribution < -0.4 is 5.32 Å². The molecular weight excluding hydrogens is 444 g/mol. The van der Waals surface area contributed by atoms with E-state index in [0.717, 1.165) is 32.1 Å². The van der Waals surface area contributed by atoms with Crippen LogP contribution in [-0.4, -0.2) is 53.2 Å². The lowest BCUT2D eigenvalue weighted by atomic mass is 9.98. The molecule has 2 fully saturated rings. The van der Waals surface area contributed by atoms with Gasteiger partial charge in [0.1, 0.15) is 6.61 Å². The molecule has 3 atom stereocenters. The summed E-state index contributed by atoms with van der Waals surface area (Å²) in [4.78, 5) is 38.2. The van der Waals surface area contributed by atoms with Crippen LogP contribution in [0.25, 0.3) is 11.1 Å². The van der Waals surface area contributed by atoms with E-state index >= 15 is 0 Å². The highest BCUT2D eigenvalue weighted by Gasteiger charge is 2.34. The van der Waals surface area contributed by atoms with Crippen LogP contribution in [-0.2, 0) is 14.3 Å². The van der Waals surface area contributed by atoms with Crippen LogP contribution in [0.4, 0.5) is 4.79 Å². The highest BCUT2D eigenvalue weighted by atomic mass is 16.5. The van der Waals surface area contributed by atoms with Gasteiger partial charge in [0.15, 0.2) is 0 Å². The van der Waals surface area contributed by atoms with Gasteiger partial charge >= 0.3 is 12.1 Å². The van der Waals surface area contributed by atoms with Gasteiger partial charge < -0.3 is 20.1 Å². The Hall–Kier alpha value is -3.35. The van der Waals surface area contributed by atoms with E-state index in [1.165, 1.54) is 22.3 Å². The second-order valence-corrected chi connectivity index (χ2v) is 10.0. The standard InChI is InChI=1S/C28H32N2O5/c31-26(30-13-5-6-20(30)16-27(32)33)15-18-11-12-19(14-18)29-28(34)35-17-25-23-9-3-1-7-21(23)22-8-2-4-10-24(22)25/h1-4,7-10,18-20,25H,5-6,11-17H2,(H,29,34)(H,32,33)/t18?,19?,20-/m0/s1. The first kappa shape index (κ1) is 23.4. The van der Waals surface area contributed by atoms with Gasteiger partial charge in [-0.15, -0.1) is 0 Å². The largest absolute Gasteiger partial charge is 0.481 e. The quantitative estimate of drug-likeness (QED) is 0.611. The second-order valence-electron chi connectivity index (χ2n) is 10.0. The maximum Gasteiger partial charge on any atom is 0.407 e. The van der Waals surface area contributed by atoms with Crippen LogP contribution in [0, 0.1) is 5.92 Å². The number of carbonyl (C=O) groups excluding carboxylic acids is 2. The van der Waals surface area contributed by atoms with Crippen molar-refractivity contribution in [3.63, 3.8) is 0 Å². The third kappa shape index (κ3) is 5.04. The normalized spacial score (nSPS) is 23.1. The Balaban J connectivity index is 1.11. The van der Waals surface area contributed by atoms with E-state index in [-0.39, 0.29) is 42.9 Å². The van der Waals surface area contributed by atoms with Crippen LogP contribution in [0.3, 0.4) is 0 Å². The lowest BCUT2D eigenvalue weighted by Crippen LogP contribution is -2.38. The first-order valence-electron chi connectivity index (χ1n) is 12.6. The number of aliphatic carboxylic acids is 1. The van der Waals surface area contributed by atoms with Gasteiger partial charge in [0.25, 0.3) is 0 Å². The minimum atomic E-state index is -0.858. The molecule has 3 aliphatic rings. The van der Waals surface area contributed by atoms with E-state index in [9.17, 15) is 14.4 Å². The van der Waals surface area contributed by atoms with Gasteiger partial charge in [-0.2, -0.15) is 0 Å². The Bertz CT molecular complexity index is 1070. The first-order valence-corrected chi connectivity index (χ1v) is 12.6. The van der Waals surface area contributed by atoms with Gasteiger partial charge in [0.05, 0.1) is 6.42 Å². The van der Waals surface area contributed by atoms with Crippen molar-refractivity contribution in [2.75, 3.05) is 13.2 Å². The molecule has 0 radical (unpaired) electrons. The van der Waals surface area contributed by atoms with Gasteiger partial charge in [-0.25, -0.2) is 4.79 Å². The summed E-state index contributed by atoms with van der Waals surface area (Å²) in [5, 5.41) is 12.1. The molecule has 2 aromatic carbocycles. The number of carboxylic acid groups (broad SMARTS) is 1. The molecule has 0 bridgehead atoms. The van der Waals surface area contributed by atoms with Crippen molar-refractivity contribution in [1.82, 2.24) is 10.2 Å². The number of hydrogen-bond acceptors (Lipinski definition) is 4. The fraction of sp³-hybridized carbons (Fsp3) is 0.464. The number of fused-ring (bicyclic) bond motifs is 3. The molecule has 2 unspecified atom stereocenters. The lowest BCUT2D eigenvalue weighted by Gasteiger charge is -2.25. The Morgan fingerprint density at radius 2 is 1.63 bits per heavy atom.